The molecule has 116 valence electrons. The molecule has 5 nitrogen and oxygen atoms in total. The van der Waals surface area contributed by atoms with Crippen LogP contribution in [0.1, 0.15) is 13.8 Å². The minimum Gasteiger partial charge on any atom is -0.354 e. The second-order valence-electron chi connectivity index (χ2n) is 5.39. The minimum atomic E-state index is -0.324. The molecule has 1 aromatic carbocycles. The molecular formula is C16H18ClN3O2. The number of amides is 1. The standard InChI is InChI=1S/C16H18ClN3O2/c1-11(2)9-18-15(21)10-20-16(22)8-7-14(19-20)12-5-3-4-6-13(12)17/h3-8,11H,9-10H2,1-2H3,(H,18,21). The van der Waals surface area contributed by atoms with Crippen molar-refractivity contribution in [2.24, 2.45) is 5.92 Å². The molecule has 2 aromatic rings. The minimum absolute atomic E-state index is 0.107. The van der Waals surface area contributed by atoms with Gasteiger partial charge in [0.05, 0.1) is 10.7 Å². The largest absolute Gasteiger partial charge is 0.354 e. The summed E-state index contributed by atoms with van der Waals surface area (Å²) in [5.74, 6) is 0.114. The van der Waals surface area contributed by atoms with Gasteiger partial charge in [-0.25, -0.2) is 4.68 Å². The van der Waals surface area contributed by atoms with Gasteiger partial charge in [-0.3, -0.25) is 9.59 Å². The highest BCUT2D eigenvalue weighted by Crippen LogP contribution is 2.24. The summed E-state index contributed by atoms with van der Waals surface area (Å²) in [7, 11) is 0. The highest BCUT2D eigenvalue weighted by Gasteiger charge is 2.09. The fourth-order valence-corrected chi connectivity index (χ4v) is 2.12. The van der Waals surface area contributed by atoms with Gasteiger partial charge in [0.25, 0.3) is 5.56 Å². The quantitative estimate of drug-likeness (QED) is 0.920. The maximum absolute atomic E-state index is 11.8. The van der Waals surface area contributed by atoms with E-state index in [1.807, 2.05) is 32.0 Å². The zero-order valence-electron chi connectivity index (χ0n) is 12.5. The van der Waals surface area contributed by atoms with Gasteiger partial charge in [0.15, 0.2) is 0 Å². The topological polar surface area (TPSA) is 64.0 Å². The molecule has 0 aliphatic rings. The van der Waals surface area contributed by atoms with Crippen LogP contribution in [0.15, 0.2) is 41.2 Å². The van der Waals surface area contributed by atoms with Gasteiger partial charge < -0.3 is 5.32 Å². The number of hydrogen-bond donors (Lipinski definition) is 1. The maximum atomic E-state index is 11.8. The highest BCUT2D eigenvalue weighted by molar-refractivity contribution is 6.33. The molecule has 0 aliphatic carbocycles. The number of halogens is 1. The van der Waals surface area contributed by atoms with Gasteiger partial charge in [-0.1, -0.05) is 43.6 Å². The van der Waals surface area contributed by atoms with Crippen molar-refractivity contribution < 1.29 is 4.79 Å². The molecule has 0 spiro atoms. The fourth-order valence-electron chi connectivity index (χ4n) is 1.88. The number of aromatic nitrogens is 2. The molecule has 2 rings (SSSR count). The molecule has 1 heterocycles. The average Bonchev–Trinajstić information content (AvgIpc) is 2.48. The Labute approximate surface area is 133 Å². The zero-order valence-corrected chi connectivity index (χ0v) is 13.3. The van der Waals surface area contributed by atoms with Crippen molar-refractivity contribution in [3.63, 3.8) is 0 Å². The third kappa shape index (κ3) is 4.18. The van der Waals surface area contributed by atoms with Crippen LogP contribution in [0.25, 0.3) is 11.3 Å². The van der Waals surface area contributed by atoms with E-state index in [0.717, 1.165) is 10.2 Å². The van der Waals surface area contributed by atoms with Gasteiger partial charge in [0.1, 0.15) is 6.54 Å². The number of carbonyl (C=O) groups excluding carboxylic acids is 1. The molecule has 0 radical (unpaired) electrons. The molecule has 0 saturated carbocycles. The molecule has 22 heavy (non-hydrogen) atoms. The second kappa shape index (κ2) is 7.22. The van der Waals surface area contributed by atoms with Crippen LogP contribution in [-0.4, -0.2) is 22.2 Å². The Hall–Kier alpha value is -2.14. The number of nitrogens with zero attached hydrogens (tertiary/aromatic N) is 2. The predicted octanol–water partition coefficient (Wildman–Crippen LogP) is 2.34. The van der Waals surface area contributed by atoms with Gasteiger partial charge in [-0.05, 0) is 18.1 Å². The Morgan fingerprint density at radius 1 is 1.27 bits per heavy atom. The summed E-state index contributed by atoms with van der Waals surface area (Å²) >= 11 is 6.13. The van der Waals surface area contributed by atoms with E-state index >= 15 is 0 Å². The number of nitrogens with one attached hydrogen (secondary N) is 1. The first-order valence-corrected chi connectivity index (χ1v) is 7.45. The molecule has 0 fully saturated rings. The molecule has 0 bridgehead atoms. The summed E-state index contributed by atoms with van der Waals surface area (Å²) in [5.41, 5.74) is 0.956. The van der Waals surface area contributed by atoms with E-state index in [4.69, 9.17) is 11.6 Å². The number of hydrogen-bond acceptors (Lipinski definition) is 3. The summed E-state index contributed by atoms with van der Waals surface area (Å²) < 4.78 is 1.15. The first-order valence-electron chi connectivity index (χ1n) is 7.07. The van der Waals surface area contributed by atoms with Crippen LogP contribution in [-0.2, 0) is 11.3 Å². The van der Waals surface area contributed by atoms with Gasteiger partial charge >= 0.3 is 0 Å². The molecule has 1 amide bonds. The lowest BCUT2D eigenvalue weighted by molar-refractivity contribution is -0.122. The molecule has 1 N–H and O–H groups in total. The van der Waals surface area contributed by atoms with Crippen molar-refractivity contribution in [3.8, 4) is 11.3 Å². The smallest absolute Gasteiger partial charge is 0.267 e. The van der Waals surface area contributed by atoms with Crippen LogP contribution in [0.3, 0.4) is 0 Å². The first kappa shape index (κ1) is 16.2. The Balaban J connectivity index is 2.23. The molecule has 1 aromatic heterocycles. The van der Waals surface area contributed by atoms with E-state index in [9.17, 15) is 9.59 Å². The molecule has 0 unspecified atom stereocenters. The van der Waals surface area contributed by atoms with Crippen molar-refractivity contribution in [2.45, 2.75) is 20.4 Å². The summed E-state index contributed by atoms with van der Waals surface area (Å²) in [6.45, 7) is 4.47. The Morgan fingerprint density at radius 3 is 2.68 bits per heavy atom. The van der Waals surface area contributed by atoms with Crippen LogP contribution < -0.4 is 10.9 Å². The molecule has 0 saturated heterocycles. The van der Waals surface area contributed by atoms with Gasteiger partial charge in [-0.2, -0.15) is 5.10 Å². The van der Waals surface area contributed by atoms with Crippen LogP contribution in [0.4, 0.5) is 0 Å². The molecular weight excluding hydrogens is 302 g/mol. The lowest BCUT2D eigenvalue weighted by Crippen LogP contribution is -2.35. The van der Waals surface area contributed by atoms with E-state index in [1.165, 1.54) is 6.07 Å². The van der Waals surface area contributed by atoms with Crippen LogP contribution in [0, 0.1) is 5.92 Å². The van der Waals surface area contributed by atoms with Crippen LogP contribution in [0.2, 0.25) is 5.02 Å². The molecule has 0 atom stereocenters. The van der Waals surface area contributed by atoms with E-state index < -0.39 is 0 Å². The maximum Gasteiger partial charge on any atom is 0.267 e. The summed E-state index contributed by atoms with van der Waals surface area (Å²) in [6, 6.07) is 10.2. The summed E-state index contributed by atoms with van der Waals surface area (Å²) in [4.78, 5) is 23.7. The number of benzene rings is 1. The molecule has 6 heteroatoms. The van der Waals surface area contributed by atoms with Gasteiger partial charge in [0, 0.05) is 18.2 Å². The number of carbonyl (C=O) groups is 1. The fraction of sp³-hybridized carbons (Fsp3) is 0.312. The Kier molecular flexibility index (Phi) is 5.33. The van der Waals surface area contributed by atoms with E-state index in [0.29, 0.717) is 23.2 Å². The first-order chi connectivity index (χ1) is 10.5. The SMILES string of the molecule is CC(C)CNC(=O)Cn1nc(-c2ccccc2Cl)ccc1=O. The summed E-state index contributed by atoms with van der Waals surface area (Å²) in [5, 5.41) is 7.54. The Morgan fingerprint density at radius 2 is 2.00 bits per heavy atom. The van der Waals surface area contributed by atoms with Gasteiger partial charge in [0.2, 0.25) is 5.91 Å². The van der Waals surface area contributed by atoms with E-state index in [-0.39, 0.29) is 18.0 Å². The van der Waals surface area contributed by atoms with Crippen molar-refractivity contribution in [2.75, 3.05) is 6.54 Å². The van der Waals surface area contributed by atoms with E-state index in [2.05, 4.69) is 10.4 Å². The normalized spacial score (nSPS) is 10.7. The van der Waals surface area contributed by atoms with Crippen molar-refractivity contribution in [3.05, 3.63) is 51.8 Å². The van der Waals surface area contributed by atoms with Crippen molar-refractivity contribution >= 4 is 17.5 Å². The van der Waals surface area contributed by atoms with Gasteiger partial charge in [-0.15, -0.1) is 0 Å². The van der Waals surface area contributed by atoms with E-state index in [1.54, 1.807) is 12.1 Å². The lowest BCUT2D eigenvalue weighted by atomic mass is 10.1. The van der Waals surface area contributed by atoms with Crippen molar-refractivity contribution in [1.82, 2.24) is 15.1 Å². The summed E-state index contributed by atoms with van der Waals surface area (Å²) in [6.07, 6.45) is 0. The van der Waals surface area contributed by atoms with Crippen LogP contribution in [0.5, 0.6) is 0 Å². The zero-order chi connectivity index (χ0) is 16.1. The molecule has 0 aliphatic heterocycles. The average molecular weight is 320 g/mol. The monoisotopic (exact) mass is 319 g/mol. The van der Waals surface area contributed by atoms with Crippen molar-refractivity contribution in [1.29, 1.82) is 0 Å². The van der Waals surface area contributed by atoms with Crippen LogP contribution >= 0.6 is 11.6 Å². The Bertz CT molecular complexity index is 725. The highest BCUT2D eigenvalue weighted by atomic mass is 35.5. The predicted molar refractivity (Wildman–Crippen MR) is 86.8 cm³/mol. The second-order valence-corrected chi connectivity index (χ2v) is 5.80. The lowest BCUT2D eigenvalue weighted by Gasteiger charge is -2.10. The third-order valence-corrected chi connectivity index (χ3v) is 3.35. The number of rotatable bonds is 5. The third-order valence-electron chi connectivity index (χ3n) is 3.02.